The van der Waals surface area contributed by atoms with Crippen molar-refractivity contribution in [2.24, 2.45) is 5.92 Å². The molecule has 16 heavy (non-hydrogen) atoms. The lowest BCUT2D eigenvalue weighted by molar-refractivity contribution is 0.251. The van der Waals surface area contributed by atoms with Crippen LogP contribution < -0.4 is 4.74 Å². The van der Waals surface area contributed by atoms with E-state index in [2.05, 4.69) is 35.8 Å². The summed E-state index contributed by atoms with van der Waals surface area (Å²) >= 11 is 3.34. The minimum Gasteiger partial charge on any atom is -0.492 e. The summed E-state index contributed by atoms with van der Waals surface area (Å²) in [6, 6.07) is 7.64. The lowest BCUT2D eigenvalue weighted by Crippen LogP contribution is -2.08. The molecule has 1 aromatic carbocycles. The van der Waals surface area contributed by atoms with E-state index in [1.807, 2.05) is 12.1 Å². The first kappa shape index (κ1) is 13.1. The molecule has 0 fully saturated rings. The van der Waals surface area contributed by atoms with Crippen molar-refractivity contribution in [2.45, 2.75) is 26.7 Å². The average Bonchev–Trinajstić information content (AvgIpc) is 2.27. The molecule has 1 unspecified atom stereocenters. The van der Waals surface area contributed by atoms with Gasteiger partial charge in [-0.3, -0.25) is 0 Å². The van der Waals surface area contributed by atoms with Crippen molar-refractivity contribution in [3.63, 3.8) is 0 Å². The fourth-order valence-electron chi connectivity index (χ4n) is 1.52. The van der Waals surface area contributed by atoms with Crippen molar-refractivity contribution in [3.8, 4) is 11.8 Å². The first-order valence-electron chi connectivity index (χ1n) is 5.49. The van der Waals surface area contributed by atoms with Crippen LogP contribution in [0.3, 0.4) is 0 Å². The van der Waals surface area contributed by atoms with E-state index in [1.165, 1.54) is 0 Å². The molecule has 0 aromatic heterocycles. The molecular formula is C13H16BrNO. The Bertz CT molecular complexity index is 384. The second-order valence-electron chi connectivity index (χ2n) is 3.96. The van der Waals surface area contributed by atoms with Crippen LogP contribution in [-0.4, -0.2) is 6.61 Å². The summed E-state index contributed by atoms with van der Waals surface area (Å²) in [4.78, 5) is 0. The van der Waals surface area contributed by atoms with Gasteiger partial charge in [0.25, 0.3) is 0 Å². The van der Waals surface area contributed by atoms with Gasteiger partial charge in [0.15, 0.2) is 0 Å². The van der Waals surface area contributed by atoms with E-state index < -0.39 is 0 Å². The van der Waals surface area contributed by atoms with Gasteiger partial charge in [0, 0.05) is 4.47 Å². The van der Waals surface area contributed by atoms with Gasteiger partial charge < -0.3 is 4.74 Å². The van der Waals surface area contributed by atoms with Crippen LogP contribution in [-0.2, 0) is 0 Å². The van der Waals surface area contributed by atoms with Crippen LogP contribution in [0.25, 0.3) is 0 Å². The summed E-state index contributed by atoms with van der Waals surface area (Å²) in [5, 5.41) is 8.96. The second kappa shape index (κ2) is 6.55. The van der Waals surface area contributed by atoms with Gasteiger partial charge >= 0.3 is 0 Å². The molecule has 2 nitrogen and oxygen atoms in total. The Hall–Kier alpha value is -1.01. The number of halogens is 1. The first-order valence-corrected chi connectivity index (χ1v) is 6.29. The zero-order valence-corrected chi connectivity index (χ0v) is 11.3. The number of ether oxygens (including phenoxy) is 1. The van der Waals surface area contributed by atoms with Crippen molar-refractivity contribution in [2.75, 3.05) is 6.61 Å². The normalized spacial score (nSPS) is 11.9. The summed E-state index contributed by atoms with van der Waals surface area (Å²) in [5.41, 5.74) is 0.582. The predicted octanol–water partition coefficient (Wildman–Crippen LogP) is 4.14. The monoisotopic (exact) mass is 281 g/mol. The molecule has 0 spiro atoms. The topological polar surface area (TPSA) is 33.0 Å². The second-order valence-corrected chi connectivity index (χ2v) is 4.87. The zero-order chi connectivity index (χ0) is 12.0. The van der Waals surface area contributed by atoms with Crippen molar-refractivity contribution in [1.82, 2.24) is 0 Å². The first-order chi connectivity index (χ1) is 7.67. The van der Waals surface area contributed by atoms with Crippen molar-refractivity contribution in [1.29, 1.82) is 5.26 Å². The van der Waals surface area contributed by atoms with Gasteiger partial charge in [-0.15, -0.1) is 0 Å². The molecule has 0 saturated heterocycles. The molecule has 0 heterocycles. The number of hydrogen-bond donors (Lipinski definition) is 0. The lowest BCUT2D eigenvalue weighted by Gasteiger charge is -2.13. The van der Waals surface area contributed by atoms with Crippen LogP contribution in [0.1, 0.15) is 32.3 Å². The maximum atomic E-state index is 8.96. The van der Waals surface area contributed by atoms with Crippen LogP contribution in [0.4, 0.5) is 0 Å². The van der Waals surface area contributed by atoms with E-state index in [4.69, 9.17) is 10.00 Å². The van der Waals surface area contributed by atoms with E-state index in [0.29, 0.717) is 23.8 Å². The van der Waals surface area contributed by atoms with Gasteiger partial charge in [0.05, 0.1) is 12.2 Å². The quantitative estimate of drug-likeness (QED) is 0.813. The van der Waals surface area contributed by atoms with Crippen molar-refractivity contribution in [3.05, 3.63) is 28.2 Å². The Morgan fingerprint density at radius 3 is 2.88 bits per heavy atom. The van der Waals surface area contributed by atoms with Gasteiger partial charge in [-0.05, 0) is 30.5 Å². The Balaban J connectivity index is 2.64. The smallest absolute Gasteiger partial charge is 0.137 e. The highest BCUT2D eigenvalue weighted by molar-refractivity contribution is 9.10. The Morgan fingerprint density at radius 1 is 1.50 bits per heavy atom. The molecule has 1 aromatic rings. The zero-order valence-electron chi connectivity index (χ0n) is 9.66. The fraction of sp³-hybridized carbons (Fsp3) is 0.462. The van der Waals surface area contributed by atoms with E-state index in [1.54, 1.807) is 6.07 Å². The molecule has 0 aliphatic rings. The molecule has 3 heteroatoms. The number of hydrogen-bond acceptors (Lipinski definition) is 2. The summed E-state index contributed by atoms with van der Waals surface area (Å²) in [6.07, 6.45) is 2.31. The summed E-state index contributed by atoms with van der Waals surface area (Å²) in [5.74, 6) is 1.20. The Kier molecular flexibility index (Phi) is 5.34. The third-order valence-corrected chi connectivity index (χ3v) is 2.86. The van der Waals surface area contributed by atoms with Gasteiger partial charge in [-0.25, -0.2) is 0 Å². The molecule has 0 radical (unpaired) electrons. The van der Waals surface area contributed by atoms with Crippen LogP contribution in [0, 0.1) is 17.2 Å². The highest BCUT2D eigenvalue weighted by Crippen LogP contribution is 2.23. The predicted molar refractivity (Wildman–Crippen MR) is 68.4 cm³/mol. The van der Waals surface area contributed by atoms with Crippen LogP contribution in [0.15, 0.2) is 22.7 Å². The molecule has 1 rings (SSSR count). The van der Waals surface area contributed by atoms with E-state index in [9.17, 15) is 0 Å². The number of nitrogens with zero attached hydrogens (tertiary/aromatic N) is 1. The third kappa shape index (κ3) is 3.86. The van der Waals surface area contributed by atoms with Gasteiger partial charge in [-0.1, -0.05) is 36.2 Å². The number of benzene rings is 1. The van der Waals surface area contributed by atoms with E-state index >= 15 is 0 Å². The molecule has 0 amide bonds. The van der Waals surface area contributed by atoms with Crippen molar-refractivity contribution < 1.29 is 4.74 Å². The average molecular weight is 282 g/mol. The summed E-state index contributed by atoms with van der Waals surface area (Å²) < 4.78 is 6.55. The van der Waals surface area contributed by atoms with Crippen LogP contribution in [0.2, 0.25) is 0 Å². The fourth-order valence-corrected chi connectivity index (χ4v) is 1.88. The van der Waals surface area contributed by atoms with E-state index in [0.717, 1.165) is 17.3 Å². The maximum absolute atomic E-state index is 8.96. The molecule has 0 aliphatic carbocycles. The van der Waals surface area contributed by atoms with Gasteiger partial charge in [-0.2, -0.15) is 5.26 Å². The minimum absolute atomic E-state index is 0.528. The van der Waals surface area contributed by atoms with E-state index in [-0.39, 0.29) is 0 Å². The van der Waals surface area contributed by atoms with Gasteiger partial charge in [0.2, 0.25) is 0 Å². The van der Waals surface area contributed by atoms with Crippen molar-refractivity contribution >= 4 is 15.9 Å². The Labute approximate surface area is 105 Å². The van der Waals surface area contributed by atoms with Crippen LogP contribution >= 0.6 is 15.9 Å². The highest BCUT2D eigenvalue weighted by Gasteiger charge is 2.06. The number of rotatable bonds is 5. The minimum atomic E-state index is 0.528. The summed E-state index contributed by atoms with van der Waals surface area (Å²) in [7, 11) is 0. The molecule has 0 bridgehead atoms. The third-order valence-electron chi connectivity index (χ3n) is 2.37. The largest absolute Gasteiger partial charge is 0.492 e. The molecule has 0 N–H and O–H groups in total. The molecule has 86 valence electrons. The molecule has 0 aliphatic heterocycles. The number of nitriles is 1. The molecular weight excluding hydrogens is 266 g/mol. The lowest BCUT2D eigenvalue weighted by atomic mass is 10.1. The van der Waals surface area contributed by atoms with Gasteiger partial charge in [0.1, 0.15) is 11.8 Å². The molecule has 1 atom stereocenters. The Morgan fingerprint density at radius 2 is 2.25 bits per heavy atom. The molecule has 0 saturated carbocycles. The van der Waals surface area contributed by atoms with Crippen LogP contribution in [0.5, 0.6) is 5.75 Å². The highest BCUT2D eigenvalue weighted by atomic mass is 79.9. The summed E-state index contributed by atoms with van der Waals surface area (Å²) in [6.45, 7) is 5.00. The standard InChI is InChI=1S/C13H16BrNO/c1-3-4-10(2)9-16-13-6-5-12(14)7-11(13)8-15/h5-7,10H,3-4,9H2,1-2H3. The SMILES string of the molecule is CCCC(C)COc1ccc(Br)cc1C#N. The maximum Gasteiger partial charge on any atom is 0.137 e.